The van der Waals surface area contributed by atoms with E-state index in [-0.39, 0.29) is 18.4 Å². The van der Waals surface area contributed by atoms with Crippen LogP contribution in [-0.2, 0) is 9.59 Å². The van der Waals surface area contributed by atoms with Crippen LogP contribution in [0.3, 0.4) is 0 Å². The molecular formula is C20H24ClN3O2. The summed E-state index contributed by atoms with van der Waals surface area (Å²) < 4.78 is 0. The second-order valence-electron chi connectivity index (χ2n) is 5.82. The number of para-hydroxylation sites is 1. The Hall–Kier alpha value is -2.53. The van der Waals surface area contributed by atoms with Gasteiger partial charge in [0, 0.05) is 24.3 Å². The predicted octanol–water partition coefficient (Wildman–Crippen LogP) is 4.54. The number of anilines is 3. The second kappa shape index (κ2) is 9.82. The molecule has 0 aromatic heterocycles. The smallest absolute Gasteiger partial charge is 0.246 e. The van der Waals surface area contributed by atoms with E-state index in [9.17, 15) is 9.59 Å². The molecule has 0 spiro atoms. The van der Waals surface area contributed by atoms with Crippen molar-refractivity contribution in [1.82, 2.24) is 0 Å². The van der Waals surface area contributed by atoms with Crippen molar-refractivity contribution < 1.29 is 9.59 Å². The lowest BCUT2D eigenvalue weighted by atomic mass is 10.2. The van der Waals surface area contributed by atoms with Crippen molar-refractivity contribution in [3.05, 3.63) is 53.6 Å². The monoisotopic (exact) mass is 373 g/mol. The van der Waals surface area contributed by atoms with Gasteiger partial charge in [-0.05, 0) is 43.7 Å². The number of rotatable bonds is 8. The summed E-state index contributed by atoms with van der Waals surface area (Å²) in [6.45, 7) is 4.56. The minimum Gasteiger partial charge on any atom is -0.375 e. The maximum atomic E-state index is 12.6. The van der Waals surface area contributed by atoms with Crippen molar-refractivity contribution in [3.8, 4) is 0 Å². The molecule has 0 fully saturated rings. The Morgan fingerprint density at radius 2 is 1.81 bits per heavy atom. The van der Waals surface area contributed by atoms with Gasteiger partial charge in [0.2, 0.25) is 11.8 Å². The molecule has 0 aliphatic rings. The Bertz CT molecular complexity index is 750. The van der Waals surface area contributed by atoms with Gasteiger partial charge in [0.1, 0.15) is 0 Å². The van der Waals surface area contributed by atoms with Crippen LogP contribution in [-0.4, -0.2) is 24.9 Å². The number of carbonyl (C=O) groups excluding carboxylic acids is 2. The zero-order valence-corrected chi connectivity index (χ0v) is 15.8. The standard InChI is InChI=1S/C20H24ClN3O2/c1-3-8-19(25)23-15-11-12-17(21)18(13-15)22-14-20(26)24(4-2)16-9-6-5-7-10-16/h5-7,9-13,22H,3-4,8,14H2,1-2H3,(H,23,25). The molecule has 26 heavy (non-hydrogen) atoms. The average molecular weight is 374 g/mol. The number of hydrogen-bond donors (Lipinski definition) is 2. The fraction of sp³-hybridized carbons (Fsp3) is 0.300. The Labute approximate surface area is 159 Å². The molecule has 0 saturated heterocycles. The van der Waals surface area contributed by atoms with E-state index in [1.165, 1.54) is 0 Å². The van der Waals surface area contributed by atoms with Crippen LogP contribution in [0.5, 0.6) is 0 Å². The summed E-state index contributed by atoms with van der Waals surface area (Å²) in [5.74, 6) is -0.103. The molecule has 0 radical (unpaired) electrons. The number of benzene rings is 2. The summed E-state index contributed by atoms with van der Waals surface area (Å²) >= 11 is 6.21. The SMILES string of the molecule is CCCC(=O)Nc1ccc(Cl)c(NCC(=O)N(CC)c2ccccc2)c1. The number of halogens is 1. The first-order valence-corrected chi connectivity index (χ1v) is 9.11. The minimum atomic E-state index is -0.0600. The Morgan fingerprint density at radius 1 is 1.08 bits per heavy atom. The summed E-state index contributed by atoms with van der Waals surface area (Å²) in [4.78, 5) is 26.0. The number of carbonyl (C=O) groups is 2. The number of likely N-dealkylation sites (N-methyl/N-ethyl adjacent to an activating group) is 1. The Kier molecular flexibility index (Phi) is 7.48. The van der Waals surface area contributed by atoms with E-state index >= 15 is 0 Å². The van der Waals surface area contributed by atoms with Crippen LogP contribution in [0.2, 0.25) is 5.02 Å². The Balaban J connectivity index is 2.03. The van der Waals surface area contributed by atoms with Crippen molar-refractivity contribution >= 4 is 40.5 Å². The van der Waals surface area contributed by atoms with Gasteiger partial charge < -0.3 is 15.5 Å². The molecule has 0 atom stereocenters. The van der Waals surface area contributed by atoms with Gasteiger partial charge in [-0.3, -0.25) is 9.59 Å². The van der Waals surface area contributed by atoms with Gasteiger partial charge in [0.15, 0.2) is 0 Å². The third kappa shape index (κ3) is 5.49. The summed E-state index contributed by atoms with van der Waals surface area (Å²) in [7, 11) is 0. The number of nitrogens with one attached hydrogen (secondary N) is 2. The van der Waals surface area contributed by atoms with Crippen LogP contribution in [0.25, 0.3) is 0 Å². The first kappa shape index (κ1) is 19.8. The molecule has 0 heterocycles. The molecule has 6 heteroatoms. The largest absolute Gasteiger partial charge is 0.375 e. The molecule has 0 saturated carbocycles. The highest BCUT2D eigenvalue weighted by atomic mass is 35.5. The summed E-state index contributed by atoms with van der Waals surface area (Å²) in [5, 5.41) is 6.39. The summed E-state index contributed by atoms with van der Waals surface area (Å²) in [6, 6.07) is 14.7. The first-order chi connectivity index (χ1) is 12.5. The van der Waals surface area contributed by atoms with Gasteiger partial charge >= 0.3 is 0 Å². The van der Waals surface area contributed by atoms with Crippen molar-refractivity contribution in [2.75, 3.05) is 28.6 Å². The van der Waals surface area contributed by atoms with E-state index in [0.717, 1.165) is 12.1 Å². The zero-order valence-electron chi connectivity index (χ0n) is 15.1. The molecule has 2 rings (SSSR count). The highest BCUT2D eigenvalue weighted by Gasteiger charge is 2.14. The van der Waals surface area contributed by atoms with E-state index in [4.69, 9.17) is 11.6 Å². The molecular weight excluding hydrogens is 350 g/mol. The molecule has 2 aromatic rings. The van der Waals surface area contributed by atoms with Gasteiger partial charge in [-0.2, -0.15) is 0 Å². The van der Waals surface area contributed by atoms with Crippen LogP contribution in [0, 0.1) is 0 Å². The molecule has 0 aliphatic heterocycles. The molecule has 5 nitrogen and oxygen atoms in total. The molecule has 2 amide bonds. The predicted molar refractivity (Wildman–Crippen MR) is 108 cm³/mol. The van der Waals surface area contributed by atoms with Crippen LogP contribution in [0.1, 0.15) is 26.7 Å². The topological polar surface area (TPSA) is 61.4 Å². The number of hydrogen-bond acceptors (Lipinski definition) is 3. The van der Waals surface area contributed by atoms with Gasteiger partial charge in [-0.15, -0.1) is 0 Å². The van der Waals surface area contributed by atoms with E-state index in [1.54, 1.807) is 23.1 Å². The van der Waals surface area contributed by atoms with Crippen LogP contribution in [0.4, 0.5) is 17.1 Å². The van der Waals surface area contributed by atoms with Crippen LogP contribution >= 0.6 is 11.6 Å². The third-order valence-corrected chi connectivity index (χ3v) is 4.17. The fourth-order valence-electron chi connectivity index (χ4n) is 2.57. The van der Waals surface area contributed by atoms with Crippen molar-refractivity contribution in [1.29, 1.82) is 0 Å². The zero-order chi connectivity index (χ0) is 18.9. The van der Waals surface area contributed by atoms with Crippen LogP contribution < -0.4 is 15.5 Å². The molecule has 138 valence electrons. The number of amides is 2. The normalized spacial score (nSPS) is 10.3. The van der Waals surface area contributed by atoms with E-state index in [0.29, 0.717) is 29.4 Å². The third-order valence-electron chi connectivity index (χ3n) is 3.84. The summed E-state index contributed by atoms with van der Waals surface area (Å²) in [6.07, 6.45) is 1.25. The highest BCUT2D eigenvalue weighted by molar-refractivity contribution is 6.33. The maximum Gasteiger partial charge on any atom is 0.246 e. The summed E-state index contributed by atoms with van der Waals surface area (Å²) in [5.41, 5.74) is 2.12. The van der Waals surface area contributed by atoms with Gasteiger partial charge in [0.05, 0.1) is 17.3 Å². The molecule has 2 N–H and O–H groups in total. The van der Waals surface area contributed by atoms with Gasteiger partial charge in [0.25, 0.3) is 0 Å². The molecule has 2 aromatic carbocycles. The second-order valence-corrected chi connectivity index (χ2v) is 6.23. The Morgan fingerprint density at radius 3 is 2.46 bits per heavy atom. The average Bonchev–Trinajstić information content (AvgIpc) is 2.64. The number of nitrogens with zero attached hydrogens (tertiary/aromatic N) is 1. The lowest BCUT2D eigenvalue weighted by molar-refractivity contribution is -0.117. The van der Waals surface area contributed by atoms with E-state index < -0.39 is 0 Å². The van der Waals surface area contributed by atoms with Crippen LogP contribution in [0.15, 0.2) is 48.5 Å². The van der Waals surface area contributed by atoms with Gasteiger partial charge in [-0.1, -0.05) is 36.7 Å². The molecule has 0 aliphatic carbocycles. The van der Waals surface area contributed by atoms with Crippen molar-refractivity contribution in [3.63, 3.8) is 0 Å². The quantitative estimate of drug-likeness (QED) is 0.713. The highest BCUT2D eigenvalue weighted by Crippen LogP contribution is 2.26. The minimum absolute atomic E-state index is 0.0434. The first-order valence-electron chi connectivity index (χ1n) is 8.73. The van der Waals surface area contributed by atoms with E-state index in [1.807, 2.05) is 44.2 Å². The molecule has 0 unspecified atom stereocenters. The van der Waals surface area contributed by atoms with Gasteiger partial charge in [-0.25, -0.2) is 0 Å². The van der Waals surface area contributed by atoms with E-state index in [2.05, 4.69) is 10.6 Å². The van der Waals surface area contributed by atoms with Crippen molar-refractivity contribution in [2.24, 2.45) is 0 Å². The maximum absolute atomic E-state index is 12.6. The van der Waals surface area contributed by atoms with Crippen molar-refractivity contribution in [2.45, 2.75) is 26.7 Å². The fourth-order valence-corrected chi connectivity index (χ4v) is 2.75. The lowest BCUT2D eigenvalue weighted by Gasteiger charge is -2.21. The molecule has 0 bridgehead atoms. The lowest BCUT2D eigenvalue weighted by Crippen LogP contribution is -2.35.